The Labute approximate surface area is 126 Å². The van der Waals surface area contributed by atoms with Gasteiger partial charge < -0.3 is 5.11 Å². The lowest BCUT2D eigenvalue weighted by molar-refractivity contribution is -0.117. The molecule has 1 aliphatic carbocycles. The van der Waals surface area contributed by atoms with Gasteiger partial charge in [0.25, 0.3) is 5.56 Å². The highest BCUT2D eigenvalue weighted by Gasteiger charge is 2.51. The molecule has 5 nitrogen and oxygen atoms in total. The predicted octanol–water partition coefficient (Wildman–Crippen LogP) is 1.30. The van der Waals surface area contributed by atoms with E-state index in [1.54, 1.807) is 18.3 Å². The quantitative estimate of drug-likeness (QED) is 0.929. The van der Waals surface area contributed by atoms with Crippen LogP contribution in [0.1, 0.15) is 18.5 Å². The first kappa shape index (κ1) is 13.2. The molecule has 0 radical (unpaired) electrons. The maximum Gasteiger partial charge on any atom is 0.258 e. The second-order valence-corrected chi connectivity index (χ2v) is 6.62. The summed E-state index contributed by atoms with van der Waals surface area (Å²) in [7, 11) is 0. The van der Waals surface area contributed by atoms with Crippen molar-refractivity contribution < 1.29 is 5.11 Å². The summed E-state index contributed by atoms with van der Waals surface area (Å²) < 4.78 is 1.45. The lowest BCUT2D eigenvalue weighted by Gasteiger charge is -2.46. The zero-order valence-corrected chi connectivity index (χ0v) is 12.3. The van der Waals surface area contributed by atoms with E-state index >= 15 is 0 Å². The fourth-order valence-electron chi connectivity index (χ4n) is 3.15. The maximum absolute atomic E-state index is 12.1. The van der Waals surface area contributed by atoms with Crippen LogP contribution in [0.25, 0.3) is 5.65 Å². The van der Waals surface area contributed by atoms with Crippen LogP contribution >= 0.6 is 11.6 Å². The van der Waals surface area contributed by atoms with Gasteiger partial charge in [-0.3, -0.25) is 14.1 Å². The molecule has 6 heteroatoms. The van der Waals surface area contributed by atoms with E-state index in [-0.39, 0.29) is 5.56 Å². The molecule has 1 saturated heterocycles. The molecule has 1 aliphatic heterocycles. The number of fused-ring (bicyclic) bond motifs is 1. The molecule has 0 aromatic carbocycles. The van der Waals surface area contributed by atoms with Gasteiger partial charge >= 0.3 is 0 Å². The van der Waals surface area contributed by atoms with Crippen LogP contribution in [0.15, 0.2) is 29.2 Å². The minimum absolute atomic E-state index is 0.129. The number of rotatable bonds is 3. The molecule has 0 spiro atoms. The molecule has 110 valence electrons. The molecule has 0 atom stereocenters. The molecule has 3 heterocycles. The van der Waals surface area contributed by atoms with Gasteiger partial charge in [0.15, 0.2) is 0 Å². The smallest absolute Gasteiger partial charge is 0.258 e. The summed E-state index contributed by atoms with van der Waals surface area (Å²) in [6.07, 6.45) is 3.85. The van der Waals surface area contributed by atoms with Gasteiger partial charge in [-0.05, 0) is 30.9 Å². The van der Waals surface area contributed by atoms with E-state index in [0.29, 0.717) is 36.2 Å². The summed E-state index contributed by atoms with van der Waals surface area (Å²) in [5, 5.41) is 10.8. The number of nitrogens with zero attached hydrogens (tertiary/aromatic N) is 3. The van der Waals surface area contributed by atoms with Crippen molar-refractivity contribution in [2.45, 2.75) is 25.0 Å². The van der Waals surface area contributed by atoms with Crippen molar-refractivity contribution in [2.24, 2.45) is 5.92 Å². The van der Waals surface area contributed by atoms with Gasteiger partial charge in [-0.15, -0.1) is 0 Å². The topological polar surface area (TPSA) is 57.8 Å². The Kier molecular flexibility index (Phi) is 2.86. The first-order valence-electron chi connectivity index (χ1n) is 7.16. The zero-order valence-electron chi connectivity index (χ0n) is 11.5. The van der Waals surface area contributed by atoms with Crippen molar-refractivity contribution >= 4 is 17.2 Å². The number of pyridine rings is 1. The Bertz CT molecular complexity index is 763. The van der Waals surface area contributed by atoms with Crippen LogP contribution < -0.4 is 5.56 Å². The number of hydrogen-bond acceptors (Lipinski definition) is 4. The lowest BCUT2D eigenvalue weighted by Crippen LogP contribution is -2.62. The molecule has 2 aromatic rings. The SMILES string of the molecule is O=c1cc(CN2CC(O)(C3CC3)C2)nc2ccc(Cl)cn12. The molecule has 0 unspecified atom stereocenters. The number of likely N-dealkylation sites (tertiary alicyclic amines) is 1. The maximum atomic E-state index is 12.1. The number of hydrogen-bond donors (Lipinski definition) is 1. The van der Waals surface area contributed by atoms with Gasteiger partial charge in [0.1, 0.15) is 5.65 Å². The van der Waals surface area contributed by atoms with Gasteiger partial charge in [0.2, 0.25) is 0 Å². The highest BCUT2D eigenvalue weighted by atomic mass is 35.5. The molecule has 2 fully saturated rings. The first-order chi connectivity index (χ1) is 10.0. The van der Waals surface area contributed by atoms with Crippen molar-refractivity contribution in [1.29, 1.82) is 0 Å². The summed E-state index contributed by atoms with van der Waals surface area (Å²) in [5.41, 5.74) is 0.704. The second-order valence-electron chi connectivity index (χ2n) is 6.18. The molecular formula is C15H16ClN3O2. The van der Waals surface area contributed by atoms with Crippen LogP contribution in [0.3, 0.4) is 0 Å². The molecule has 2 aliphatic rings. The van der Waals surface area contributed by atoms with E-state index in [1.807, 2.05) is 0 Å². The fourth-order valence-corrected chi connectivity index (χ4v) is 3.32. The van der Waals surface area contributed by atoms with E-state index < -0.39 is 5.60 Å². The number of aromatic nitrogens is 2. The van der Waals surface area contributed by atoms with E-state index in [4.69, 9.17) is 11.6 Å². The second kappa shape index (κ2) is 4.53. The van der Waals surface area contributed by atoms with Gasteiger partial charge in [-0.2, -0.15) is 0 Å². The number of β-amino-alcohol motifs (C(OH)–C–C–N with tert-alkyl or cyclic N) is 1. The average Bonchev–Trinajstić information content (AvgIpc) is 3.22. The Morgan fingerprint density at radius 3 is 2.86 bits per heavy atom. The van der Waals surface area contributed by atoms with E-state index in [9.17, 15) is 9.90 Å². The molecule has 21 heavy (non-hydrogen) atoms. The molecule has 1 N–H and O–H groups in total. The highest BCUT2D eigenvalue weighted by Crippen LogP contribution is 2.44. The molecule has 0 bridgehead atoms. The summed E-state index contributed by atoms with van der Waals surface area (Å²) >= 11 is 5.89. The molecule has 0 amide bonds. The minimum Gasteiger partial charge on any atom is -0.387 e. The first-order valence-corrected chi connectivity index (χ1v) is 7.54. The van der Waals surface area contributed by atoms with E-state index in [0.717, 1.165) is 18.5 Å². The summed E-state index contributed by atoms with van der Waals surface area (Å²) in [6.45, 7) is 1.96. The zero-order chi connectivity index (χ0) is 14.6. The predicted molar refractivity (Wildman–Crippen MR) is 79.4 cm³/mol. The van der Waals surface area contributed by atoms with Crippen LogP contribution in [0.2, 0.25) is 5.02 Å². The van der Waals surface area contributed by atoms with Crippen molar-refractivity contribution in [3.8, 4) is 0 Å². The van der Waals surface area contributed by atoms with Crippen molar-refractivity contribution in [1.82, 2.24) is 14.3 Å². The highest BCUT2D eigenvalue weighted by molar-refractivity contribution is 6.30. The van der Waals surface area contributed by atoms with Crippen LogP contribution in [0.4, 0.5) is 0 Å². The van der Waals surface area contributed by atoms with Crippen molar-refractivity contribution in [3.63, 3.8) is 0 Å². The van der Waals surface area contributed by atoms with Crippen LogP contribution in [0, 0.1) is 5.92 Å². The monoisotopic (exact) mass is 305 g/mol. The van der Waals surface area contributed by atoms with Crippen molar-refractivity contribution in [2.75, 3.05) is 13.1 Å². The molecule has 4 rings (SSSR count). The Hall–Kier alpha value is -1.43. The van der Waals surface area contributed by atoms with E-state index in [1.165, 1.54) is 10.5 Å². The summed E-state index contributed by atoms with van der Waals surface area (Å²) in [4.78, 5) is 18.7. The number of halogens is 1. The third-order valence-corrected chi connectivity index (χ3v) is 4.62. The Balaban J connectivity index is 1.55. The third-order valence-electron chi connectivity index (χ3n) is 4.39. The van der Waals surface area contributed by atoms with Gasteiger partial charge in [0.05, 0.1) is 16.3 Å². The van der Waals surface area contributed by atoms with Crippen LogP contribution in [0.5, 0.6) is 0 Å². The third kappa shape index (κ3) is 2.35. The van der Waals surface area contributed by atoms with Crippen LogP contribution in [-0.4, -0.2) is 38.1 Å². The normalized spacial score (nSPS) is 21.4. The standard InChI is InChI=1S/C15H16ClN3O2/c16-11-3-4-13-17-12(5-14(20)19(13)6-11)7-18-8-15(21,9-18)10-1-2-10/h3-6,10,21H,1-2,7-9H2. The van der Waals surface area contributed by atoms with Gasteiger partial charge in [-0.1, -0.05) is 11.6 Å². The summed E-state index contributed by atoms with van der Waals surface area (Å²) in [6, 6.07) is 5.00. The lowest BCUT2D eigenvalue weighted by atomic mass is 9.88. The molecule has 2 aromatic heterocycles. The fraction of sp³-hybridized carbons (Fsp3) is 0.467. The van der Waals surface area contributed by atoms with Gasteiger partial charge in [0, 0.05) is 31.9 Å². The largest absolute Gasteiger partial charge is 0.387 e. The minimum atomic E-state index is -0.501. The summed E-state index contributed by atoms with van der Waals surface area (Å²) in [5.74, 6) is 0.478. The Morgan fingerprint density at radius 1 is 1.38 bits per heavy atom. The van der Waals surface area contributed by atoms with Gasteiger partial charge in [-0.25, -0.2) is 4.98 Å². The Morgan fingerprint density at radius 2 is 2.14 bits per heavy atom. The van der Waals surface area contributed by atoms with Crippen LogP contribution in [-0.2, 0) is 6.54 Å². The molecular weight excluding hydrogens is 290 g/mol. The average molecular weight is 306 g/mol. The number of aliphatic hydroxyl groups is 1. The van der Waals surface area contributed by atoms with E-state index in [2.05, 4.69) is 9.88 Å². The molecule has 1 saturated carbocycles. The van der Waals surface area contributed by atoms with Crippen molar-refractivity contribution in [3.05, 3.63) is 45.5 Å².